The van der Waals surface area contributed by atoms with E-state index in [2.05, 4.69) is 12.2 Å². The highest BCUT2D eigenvalue weighted by molar-refractivity contribution is 5.43. The predicted molar refractivity (Wildman–Crippen MR) is 91.8 cm³/mol. The predicted octanol–water partition coefficient (Wildman–Crippen LogP) is 6.95. The lowest BCUT2D eigenvalue weighted by molar-refractivity contribution is -0.144. The van der Waals surface area contributed by atoms with Crippen molar-refractivity contribution < 1.29 is 13.2 Å². The molecule has 1 N–H and O–H groups in total. The number of nitrogens with one attached hydrogen (secondary N) is 1. The van der Waals surface area contributed by atoms with Crippen LogP contribution >= 0.6 is 0 Å². The molecule has 132 valence electrons. The van der Waals surface area contributed by atoms with E-state index < -0.39 is 12.2 Å². The molecule has 1 rings (SSSR count). The first-order chi connectivity index (χ1) is 11.0. The Hall–Kier alpha value is -1.19. The van der Waals surface area contributed by atoms with Gasteiger partial charge in [-0.25, -0.2) is 0 Å². The number of hydrogen-bond donors (Lipinski definition) is 1. The van der Waals surface area contributed by atoms with Crippen LogP contribution in [-0.4, -0.2) is 12.2 Å². The van der Waals surface area contributed by atoms with Crippen LogP contribution in [0.3, 0.4) is 0 Å². The van der Waals surface area contributed by atoms with Crippen LogP contribution in [0.2, 0.25) is 0 Å². The fourth-order valence-corrected chi connectivity index (χ4v) is 2.71. The van der Waals surface area contributed by atoms with Crippen LogP contribution in [0, 0.1) is 0 Å². The molecular formula is C19H30F3N. The van der Waals surface area contributed by atoms with Crippen molar-refractivity contribution in [3.05, 3.63) is 30.3 Å². The van der Waals surface area contributed by atoms with Gasteiger partial charge in [0.2, 0.25) is 0 Å². The summed E-state index contributed by atoms with van der Waals surface area (Å²) in [7, 11) is 0. The molecule has 0 aliphatic carbocycles. The molecule has 1 atom stereocenters. The van der Waals surface area contributed by atoms with E-state index in [1.165, 1.54) is 32.1 Å². The second-order valence-corrected chi connectivity index (χ2v) is 6.22. The molecule has 0 heterocycles. The summed E-state index contributed by atoms with van der Waals surface area (Å²) in [4.78, 5) is 0. The van der Waals surface area contributed by atoms with Crippen molar-refractivity contribution in [1.29, 1.82) is 0 Å². The lowest BCUT2D eigenvalue weighted by atomic mass is 10.0. The Morgan fingerprint density at radius 1 is 0.826 bits per heavy atom. The van der Waals surface area contributed by atoms with E-state index in [0.717, 1.165) is 19.3 Å². The number of halogens is 3. The van der Waals surface area contributed by atoms with Gasteiger partial charge in [0.05, 0.1) is 0 Å². The molecular weight excluding hydrogens is 299 g/mol. The SMILES string of the molecule is CCCCCCCCCCCC(Nc1ccccc1)C(F)(F)F. The molecule has 0 aliphatic heterocycles. The number of hydrogen-bond acceptors (Lipinski definition) is 1. The molecule has 4 heteroatoms. The molecule has 0 aliphatic rings. The normalized spacial score (nSPS) is 13.0. The number of benzene rings is 1. The fourth-order valence-electron chi connectivity index (χ4n) is 2.71. The summed E-state index contributed by atoms with van der Waals surface area (Å²) in [5.41, 5.74) is 0.533. The minimum atomic E-state index is -4.20. The van der Waals surface area contributed by atoms with Gasteiger partial charge in [0, 0.05) is 5.69 Å². The molecule has 0 amide bonds. The maximum absolute atomic E-state index is 13.1. The zero-order valence-corrected chi connectivity index (χ0v) is 14.2. The van der Waals surface area contributed by atoms with Crippen LogP contribution in [0.5, 0.6) is 0 Å². The van der Waals surface area contributed by atoms with Gasteiger partial charge >= 0.3 is 6.18 Å². The zero-order valence-electron chi connectivity index (χ0n) is 14.2. The number of para-hydroxylation sites is 1. The number of anilines is 1. The van der Waals surface area contributed by atoms with Gasteiger partial charge in [-0.3, -0.25) is 0 Å². The van der Waals surface area contributed by atoms with Gasteiger partial charge in [-0.1, -0.05) is 82.9 Å². The minimum absolute atomic E-state index is 0.147. The van der Waals surface area contributed by atoms with E-state index in [1.54, 1.807) is 30.3 Å². The number of alkyl halides is 3. The number of rotatable bonds is 12. The van der Waals surface area contributed by atoms with Crippen LogP contribution in [-0.2, 0) is 0 Å². The Balaban J connectivity index is 2.20. The Labute approximate surface area is 138 Å². The molecule has 1 aromatic rings. The first-order valence-electron chi connectivity index (χ1n) is 8.92. The molecule has 0 radical (unpaired) electrons. The van der Waals surface area contributed by atoms with Gasteiger partial charge in [-0.15, -0.1) is 0 Å². The summed E-state index contributed by atoms with van der Waals surface area (Å²) >= 11 is 0. The standard InChI is InChI=1S/C19H30F3N/c1-2-3-4-5-6-7-8-9-13-16-18(19(20,21)22)23-17-14-11-10-12-15-17/h10-12,14-15,18,23H,2-9,13,16H2,1H3. The van der Waals surface area contributed by atoms with Crippen LogP contribution in [0.4, 0.5) is 18.9 Å². The lowest BCUT2D eigenvalue weighted by Gasteiger charge is -2.22. The third kappa shape index (κ3) is 9.52. The Bertz CT molecular complexity index is 389. The molecule has 0 saturated carbocycles. The van der Waals surface area contributed by atoms with E-state index >= 15 is 0 Å². The third-order valence-corrected chi connectivity index (χ3v) is 4.11. The van der Waals surface area contributed by atoms with Crippen molar-refractivity contribution in [1.82, 2.24) is 0 Å². The Morgan fingerprint density at radius 3 is 1.87 bits per heavy atom. The molecule has 0 fully saturated rings. The van der Waals surface area contributed by atoms with Crippen molar-refractivity contribution in [3.63, 3.8) is 0 Å². The summed E-state index contributed by atoms with van der Waals surface area (Å²) in [6.07, 6.45) is 5.94. The van der Waals surface area contributed by atoms with Crippen molar-refractivity contribution >= 4 is 5.69 Å². The molecule has 1 nitrogen and oxygen atoms in total. The first-order valence-corrected chi connectivity index (χ1v) is 8.92. The molecule has 0 bridgehead atoms. The largest absolute Gasteiger partial charge is 0.408 e. The maximum Gasteiger partial charge on any atom is 0.408 e. The highest BCUT2D eigenvalue weighted by atomic mass is 19.4. The molecule has 23 heavy (non-hydrogen) atoms. The summed E-state index contributed by atoms with van der Waals surface area (Å²) < 4.78 is 39.3. The van der Waals surface area contributed by atoms with Crippen molar-refractivity contribution in [3.8, 4) is 0 Å². The van der Waals surface area contributed by atoms with Crippen molar-refractivity contribution in [2.75, 3.05) is 5.32 Å². The molecule has 0 saturated heterocycles. The lowest BCUT2D eigenvalue weighted by Crippen LogP contribution is -2.36. The van der Waals surface area contributed by atoms with E-state index in [4.69, 9.17) is 0 Å². The second-order valence-electron chi connectivity index (χ2n) is 6.22. The first kappa shape index (κ1) is 19.9. The van der Waals surface area contributed by atoms with Crippen molar-refractivity contribution in [2.24, 2.45) is 0 Å². The maximum atomic E-state index is 13.1. The van der Waals surface area contributed by atoms with Gasteiger partial charge in [0.15, 0.2) is 0 Å². The van der Waals surface area contributed by atoms with Gasteiger partial charge in [-0.05, 0) is 18.6 Å². The van der Waals surface area contributed by atoms with Crippen molar-refractivity contribution in [2.45, 2.75) is 83.4 Å². The van der Waals surface area contributed by atoms with Gasteiger partial charge < -0.3 is 5.32 Å². The summed E-state index contributed by atoms with van der Waals surface area (Å²) in [6, 6.07) is 7.19. The molecule has 0 spiro atoms. The van der Waals surface area contributed by atoms with E-state index in [1.807, 2.05) is 0 Å². The number of unbranched alkanes of at least 4 members (excludes halogenated alkanes) is 8. The highest BCUT2D eigenvalue weighted by Crippen LogP contribution is 2.27. The van der Waals surface area contributed by atoms with Gasteiger partial charge in [-0.2, -0.15) is 13.2 Å². The quantitative estimate of drug-likeness (QED) is 0.409. The van der Waals surface area contributed by atoms with E-state index in [-0.39, 0.29) is 6.42 Å². The van der Waals surface area contributed by atoms with Crippen LogP contribution in [0.15, 0.2) is 30.3 Å². The van der Waals surface area contributed by atoms with E-state index in [9.17, 15) is 13.2 Å². The summed E-state index contributed by atoms with van der Waals surface area (Å²) in [6.45, 7) is 2.19. The third-order valence-electron chi connectivity index (χ3n) is 4.11. The summed E-state index contributed by atoms with van der Waals surface area (Å²) in [5, 5.41) is 2.62. The van der Waals surface area contributed by atoms with Crippen LogP contribution < -0.4 is 5.32 Å². The summed E-state index contributed by atoms with van der Waals surface area (Å²) in [5.74, 6) is 0. The molecule has 1 aromatic carbocycles. The zero-order chi connectivity index (χ0) is 17.0. The van der Waals surface area contributed by atoms with E-state index in [0.29, 0.717) is 12.1 Å². The smallest absolute Gasteiger partial charge is 0.374 e. The highest BCUT2D eigenvalue weighted by Gasteiger charge is 2.38. The Morgan fingerprint density at radius 2 is 1.35 bits per heavy atom. The molecule has 1 unspecified atom stereocenters. The second kappa shape index (κ2) is 11.4. The van der Waals surface area contributed by atoms with Gasteiger partial charge in [0.25, 0.3) is 0 Å². The minimum Gasteiger partial charge on any atom is -0.374 e. The monoisotopic (exact) mass is 329 g/mol. The van der Waals surface area contributed by atoms with Gasteiger partial charge in [0.1, 0.15) is 6.04 Å². The molecule has 0 aromatic heterocycles. The topological polar surface area (TPSA) is 12.0 Å². The fraction of sp³-hybridized carbons (Fsp3) is 0.684. The average Bonchev–Trinajstić information content (AvgIpc) is 2.52. The average molecular weight is 329 g/mol. The Kier molecular flexibility index (Phi) is 9.81. The van der Waals surface area contributed by atoms with Crippen LogP contribution in [0.1, 0.15) is 71.1 Å². The van der Waals surface area contributed by atoms with Crippen LogP contribution in [0.25, 0.3) is 0 Å².